The highest BCUT2D eigenvalue weighted by Gasteiger charge is 2.14. The predicted octanol–water partition coefficient (Wildman–Crippen LogP) is 2.93. The molecule has 4 nitrogen and oxygen atoms in total. The second-order valence-electron chi connectivity index (χ2n) is 5.52. The molecule has 0 saturated carbocycles. The van der Waals surface area contributed by atoms with Gasteiger partial charge in [0, 0.05) is 43.2 Å². The van der Waals surface area contributed by atoms with Crippen molar-refractivity contribution in [3.05, 3.63) is 59.9 Å². The number of benzene rings is 1. The lowest BCUT2D eigenvalue weighted by molar-refractivity contribution is 0.110. The monoisotopic (exact) mass is 298 g/mol. The standard InChI is InChI=1S/C18H22N2O2/c1-2-8-18(22-14-15-5-3-9-19-11-15)16(6-1)12-20-13-17-7-4-10-21-17/h1-3,5-6,8-9,11,17,20H,4,7,10,12-14H2. The summed E-state index contributed by atoms with van der Waals surface area (Å²) in [5.41, 5.74) is 2.24. The molecule has 0 radical (unpaired) electrons. The largest absolute Gasteiger partial charge is 0.489 e. The van der Waals surface area contributed by atoms with Gasteiger partial charge in [-0.1, -0.05) is 24.3 Å². The van der Waals surface area contributed by atoms with Crippen LogP contribution in [-0.2, 0) is 17.9 Å². The smallest absolute Gasteiger partial charge is 0.124 e. The Morgan fingerprint density at radius 3 is 3.00 bits per heavy atom. The van der Waals surface area contributed by atoms with Crippen LogP contribution in [0.5, 0.6) is 5.75 Å². The number of nitrogens with one attached hydrogen (secondary N) is 1. The SMILES string of the molecule is c1cncc(COc2ccccc2CNCC2CCCO2)c1. The summed E-state index contributed by atoms with van der Waals surface area (Å²) in [5.74, 6) is 0.922. The van der Waals surface area contributed by atoms with Crippen molar-refractivity contribution in [3.8, 4) is 5.75 Å². The van der Waals surface area contributed by atoms with Crippen molar-refractivity contribution in [1.82, 2.24) is 10.3 Å². The number of aromatic nitrogens is 1. The summed E-state index contributed by atoms with van der Waals surface area (Å²) in [7, 11) is 0. The number of hydrogen-bond donors (Lipinski definition) is 1. The second kappa shape index (κ2) is 7.92. The first-order chi connectivity index (χ1) is 10.9. The minimum atomic E-state index is 0.364. The molecule has 3 rings (SSSR count). The van der Waals surface area contributed by atoms with Crippen LogP contribution in [0.3, 0.4) is 0 Å². The summed E-state index contributed by atoms with van der Waals surface area (Å²) < 4.78 is 11.6. The molecule has 4 heteroatoms. The molecule has 22 heavy (non-hydrogen) atoms. The van der Waals surface area contributed by atoms with Gasteiger partial charge in [0.05, 0.1) is 6.10 Å². The molecular weight excluding hydrogens is 276 g/mol. The van der Waals surface area contributed by atoms with E-state index in [1.807, 2.05) is 36.5 Å². The third-order valence-electron chi connectivity index (χ3n) is 3.80. The van der Waals surface area contributed by atoms with Gasteiger partial charge in [-0.05, 0) is 25.0 Å². The minimum Gasteiger partial charge on any atom is -0.489 e. The topological polar surface area (TPSA) is 43.4 Å². The van der Waals surface area contributed by atoms with Crippen molar-refractivity contribution in [2.24, 2.45) is 0 Å². The number of nitrogens with zero attached hydrogens (tertiary/aromatic N) is 1. The number of ether oxygens (including phenoxy) is 2. The van der Waals surface area contributed by atoms with Crippen molar-refractivity contribution in [1.29, 1.82) is 0 Å². The van der Waals surface area contributed by atoms with E-state index < -0.39 is 0 Å². The van der Waals surface area contributed by atoms with Crippen LogP contribution in [0.4, 0.5) is 0 Å². The van der Waals surface area contributed by atoms with E-state index >= 15 is 0 Å². The van der Waals surface area contributed by atoms with E-state index in [1.165, 1.54) is 12.0 Å². The highest BCUT2D eigenvalue weighted by Crippen LogP contribution is 2.19. The Bertz CT molecular complexity index is 568. The average molecular weight is 298 g/mol. The molecule has 1 aliphatic rings. The Balaban J connectivity index is 1.52. The Kier molecular flexibility index (Phi) is 5.40. The number of rotatable bonds is 7. The van der Waals surface area contributed by atoms with Crippen LogP contribution in [0.1, 0.15) is 24.0 Å². The van der Waals surface area contributed by atoms with Gasteiger partial charge in [-0.25, -0.2) is 0 Å². The van der Waals surface area contributed by atoms with Crippen molar-refractivity contribution in [3.63, 3.8) is 0 Å². The summed E-state index contributed by atoms with van der Waals surface area (Å²) in [6, 6.07) is 12.1. The lowest BCUT2D eigenvalue weighted by Crippen LogP contribution is -2.25. The Morgan fingerprint density at radius 1 is 1.23 bits per heavy atom. The zero-order chi connectivity index (χ0) is 15.0. The molecule has 116 valence electrons. The fraction of sp³-hybridized carbons (Fsp3) is 0.389. The lowest BCUT2D eigenvalue weighted by atomic mass is 10.2. The summed E-state index contributed by atoms with van der Waals surface area (Å²) in [6.45, 7) is 3.13. The molecular formula is C18H22N2O2. The van der Waals surface area contributed by atoms with E-state index in [0.717, 1.165) is 37.4 Å². The quantitative estimate of drug-likeness (QED) is 0.853. The Hall–Kier alpha value is -1.91. The highest BCUT2D eigenvalue weighted by molar-refractivity contribution is 5.33. The molecule has 0 amide bonds. The Labute approximate surface area is 131 Å². The first kappa shape index (κ1) is 15.0. The zero-order valence-electron chi connectivity index (χ0n) is 12.7. The lowest BCUT2D eigenvalue weighted by Gasteiger charge is -2.14. The summed E-state index contributed by atoms with van der Waals surface area (Å²) in [6.07, 6.45) is 6.30. The normalized spacial score (nSPS) is 17.5. The maximum Gasteiger partial charge on any atom is 0.124 e. The molecule has 2 heterocycles. The summed E-state index contributed by atoms with van der Waals surface area (Å²) in [5, 5.41) is 3.46. The zero-order valence-corrected chi connectivity index (χ0v) is 12.7. The molecule has 1 aromatic heterocycles. The van der Waals surface area contributed by atoms with E-state index in [4.69, 9.17) is 9.47 Å². The van der Waals surface area contributed by atoms with Crippen molar-refractivity contribution in [2.75, 3.05) is 13.2 Å². The van der Waals surface area contributed by atoms with Gasteiger partial charge in [0.25, 0.3) is 0 Å². The van der Waals surface area contributed by atoms with Crippen molar-refractivity contribution in [2.45, 2.75) is 32.1 Å². The molecule has 1 N–H and O–H groups in total. The van der Waals surface area contributed by atoms with Crippen LogP contribution in [-0.4, -0.2) is 24.2 Å². The van der Waals surface area contributed by atoms with E-state index in [0.29, 0.717) is 12.7 Å². The number of para-hydroxylation sites is 1. The predicted molar refractivity (Wildman–Crippen MR) is 85.7 cm³/mol. The maximum absolute atomic E-state index is 5.93. The third kappa shape index (κ3) is 4.29. The van der Waals surface area contributed by atoms with Gasteiger partial charge in [0.1, 0.15) is 12.4 Å². The Morgan fingerprint density at radius 2 is 2.18 bits per heavy atom. The van der Waals surface area contributed by atoms with Gasteiger partial charge in [-0.2, -0.15) is 0 Å². The second-order valence-corrected chi connectivity index (χ2v) is 5.52. The molecule has 0 bridgehead atoms. The van der Waals surface area contributed by atoms with Crippen molar-refractivity contribution >= 4 is 0 Å². The van der Waals surface area contributed by atoms with Crippen molar-refractivity contribution < 1.29 is 9.47 Å². The minimum absolute atomic E-state index is 0.364. The first-order valence-electron chi connectivity index (χ1n) is 7.84. The molecule has 1 fully saturated rings. The van der Waals surface area contributed by atoms with Crippen LogP contribution >= 0.6 is 0 Å². The molecule has 1 saturated heterocycles. The van der Waals surface area contributed by atoms with Crippen LogP contribution in [0.25, 0.3) is 0 Å². The molecule has 1 atom stereocenters. The van der Waals surface area contributed by atoms with E-state index in [1.54, 1.807) is 6.20 Å². The molecule has 1 aliphatic heterocycles. The van der Waals surface area contributed by atoms with Crippen LogP contribution < -0.4 is 10.1 Å². The number of pyridine rings is 1. The van der Waals surface area contributed by atoms with E-state index in [-0.39, 0.29) is 0 Å². The van der Waals surface area contributed by atoms with Gasteiger partial charge in [0.2, 0.25) is 0 Å². The van der Waals surface area contributed by atoms with Crippen LogP contribution in [0, 0.1) is 0 Å². The molecule has 1 aromatic carbocycles. The van der Waals surface area contributed by atoms with Gasteiger partial charge in [0.15, 0.2) is 0 Å². The molecule has 0 aliphatic carbocycles. The third-order valence-corrected chi connectivity index (χ3v) is 3.80. The fourth-order valence-corrected chi connectivity index (χ4v) is 2.61. The summed E-state index contributed by atoms with van der Waals surface area (Å²) >= 11 is 0. The van der Waals surface area contributed by atoms with Crippen LogP contribution in [0.15, 0.2) is 48.8 Å². The first-order valence-corrected chi connectivity index (χ1v) is 7.84. The molecule has 1 unspecified atom stereocenters. The van der Waals surface area contributed by atoms with Gasteiger partial charge >= 0.3 is 0 Å². The number of hydrogen-bond acceptors (Lipinski definition) is 4. The highest BCUT2D eigenvalue weighted by atomic mass is 16.5. The summed E-state index contributed by atoms with van der Waals surface area (Å²) in [4.78, 5) is 4.11. The average Bonchev–Trinajstić information content (AvgIpc) is 3.08. The van der Waals surface area contributed by atoms with Gasteiger partial charge in [-0.15, -0.1) is 0 Å². The molecule has 2 aromatic rings. The maximum atomic E-state index is 5.93. The van der Waals surface area contributed by atoms with Gasteiger partial charge in [-0.3, -0.25) is 4.98 Å². The molecule has 0 spiro atoms. The van der Waals surface area contributed by atoms with E-state index in [9.17, 15) is 0 Å². The van der Waals surface area contributed by atoms with E-state index in [2.05, 4.69) is 16.4 Å². The van der Waals surface area contributed by atoms with Gasteiger partial charge < -0.3 is 14.8 Å². The van der Waals surface area contributed by atoms with Crippen LogP contribution in [0.2, 0.25) is 0 Å². The fourth-order valence-electron chi connectivity index (χ4n) is 2.61.